The standard InChI is InChI=1S/C20H27NO/c1-15-8-16(2)10-18(9-15)12-21-13-19(14-22)11-20-7-5-4-6-17(20)3/h4-10,19,21-22H,11-14H2,1-3H3. The van der Waals surface area contributed by atoms with Crippen LogP contribution in [0.15, 0.2) is 42.5 Å². The smallest absolute Gasteiger partial charge is 0.0474 e. The molecule has 0 amide bonds. The van der Waals surface area contributed by atoms with E-state index in [2.05, 4.69) is 68.6 Å². The topological polar surface area (TPSA) is 32.3 Å². The highest BCUT2D eigenvalue weighted by molar-refractivity contribution is 5.28. The predicted octanol–water partition coefficient (Wildman–Crippen LogP) is 3.55. The highest BCUT2D eigenvalue weighted by Crippen LogP contribution is 2.13. The maximum Gasteiger partial charge on any atom is 0.0474 e. The Kier molecular flexibility index (Phi) is 6.17. The first-order valence-electron chi connectivity index (χ1n) is 8.01. The number of aliphatic hydroxyl groups is 1. The van der Waals surface area contributed by atoms with Gasteiger partial charge in [-0.15, -0.1) is 0 Å². The van der Waals surface area contributed by atoms with Crippen LogP contribution in [0.2, 0.25) is 0 Å². The summed E-state index contributed by atoms with van der Waals surface area (Å²) in [6.07, 6.45) is 0.920. The Morgan fingerprint density at radius 3 is 2.32 bits per heavy atom. The van der Waals surface area contributed by atoms with Crippen LogP contribution in [0.5, 0.6) is 0 Å². The molecule has 0 saturated heterocycles. The van der Waals surface area contributed by atoms with E-state index < -0.39 is 0 Å². The van der Waals surface area contributed by atoms with E-state index >= 15 is 0 Å². The summed E-state index contributed by atoms with van der Waals surface area (Å²) in [5.74, 6) is 0.256. The number of rotatable bonds is 7. The molecule has 2 nitrogen and oxygen atoms in total. The molecule has 0 fully saturated rings. The van der Waals surface area contributed by atoms with Crippen molar-refractivity contribution in [2.24, 2.45) is 5.92 Å². The molecular formula is C20H27NO. The molecule has 0 aliphatic rings. The van der Waals surface area contributed by atoms with Gasteiger partial charge in [-0.05, 0) is 49.8 Å². The lowest BCUT2D eigenvalue weighted by Crippen LogP contribution is -2.26. The van der Waals surface area contributed by atoms with Gasteiger partial charge in [-0.3, -0.25) is 0 Å². The number of aryl methyl sites for hydroxylation is 3. The van der Waals surface area contributed by atoms with Crippen molar-refractivity contribution in [2.75, 3.05) is 13.2 Å². The van der Waals surface area contributed by atoms with Gasteiger partial charge in [0.1, 0.15) is 0 Å². The van der Waals surface area contributed by atoms with Gasteiger partial charge in [0.25, 0.3) is 0 Å². The normalized spacial score (nSPS) is 12.4. The van der Waals surface area contributed by atoms with E-state index in [9.17, 15) is 5.11 Å². The van der Waals surface area contributed by atoms with Gasteiger partial charge in [0.2, 0.25) is 0 Å². The molecule has 2 heteroatoms. The van der Waals surface area contributed by atoms with Crippen molar-refractivity contribution in [3.8, 4) is 0 Å². The molecule has 2 rings (SSSR count). The summed E-state index contributed by atoms with van der Waals surface area (Å²) < 4.78 is 0. The maximum absolute atomic E-state index is 9.62. The van der Waals surface area contributed by atoms with Gasteiger partial charge >= 0.3 is 0 Å². The Bertz CT molecular complexity index is 586. The van der Waals surface area contributed by atoms with Crippen LogP contribution < -0.4 is 5.32 Å². The highest BCUT2D eigenvalue weighted by atomic mass is 16.3. The van der Waals surface area contributed by atoms with Crippen LogP contribution in [0.25, 0.3) is 0 Å². The zero-order valence-corrected chi connectivity index (χ0v) is 13.9. The van der Waals surface area contributed by atoms with Crippen molar-refractivity contribution in [2.45, 2.75) is 33.7 Å². The number of nitrogens with one attached hydrogen (secondary N) is 1. The minimum absolute atomic E-state index is 0.216. The van der Waals surface area contributed by atoms with Crippen molar-refractivity contribution in [1.82, 2.24) is 5.32 Å². The third-order valence-electron chi connectivity index (χ3n) is 4.07. The molecule has 2 aromatic carbocycles. The molecule has 0 aliphatic heterocycles. The van der Waals surface area contributed by atoms with Gasteiger partial charge in [-0.1, -0.05) is 53.6 Å². The number of hydrogen-bond donors (Lipinski definition) is 2. The lowest BCUT2D eigenvalue weighted by Gasteiger charge is -2.17. The fourth-order valence-electron chi connectivity index (χ4n) is 2.94. The zero-order chi connectivity index (χ0) is 15.9. The first-order chi connectivity index (χ1) is 10.6. The minimum atomic E-state index is 0.216. The van der Waals surface area contributed by atoms with E-state index in [1.807, 2.05) is 0 Å². The van der Waals surface area contributed by atoms with E-state index in [1.54, 1.807) is 0 Å². The first-order valence-corrected chi connectivity index (χ1v) is 8.01. The van der Waals surface area contributed by atoms with E-state index in [4.69, 9.17) is 0 Å². The van der Waals surface area contributed by atoms with Gasteiger partial charge < -0.3 is 10.4 Å². The molecule has 118 valence electrons. The van der Waals surface area contributed by atoms with Crippen LogP contribution in [-0.2, 0) is 13.0 Å². The van der Waals surface area contributed by atoms with Gasteiger partial charge in [-0.25, -0.2) is 0 Å². The van der Waals surface area contributed by atoms with Crippen molar-refractivity contribution >= 4 is 0 Å². The van der Waals surface area contributed by atoms with Crippen LogP contribution >= 0.6 is 0 Å². The van der Waals surface area contributed by atoms with Crippen molar-refractivity contribution in [3.63, 3.8) is 0 Å². The van der Waals surface area contributed by atoms with Crippen LogP contribution in [-0.4, -0.2) is 18.3 Å². The van der Waals surface area contributed by atoms with Gasteiger partial charge in [-0.2, -0.15) is 0 Å². The molecule has 0 spiro atoms. The molecule has 0 aromatic heterocycles. The molecule has 0 heterocycles. The molecule has 1 atom stereocenters. The molecular weight excluding hydrogens is 270 g/mol. The Labute approximate surface area is 134 Å². The Morgan fingerprint density at radius 2 is 1.68 bits per heavy atom. The largest absolute Gasteiger partial charge is 0.396 e. The SMILES string of the molecule is Cc1cc(C)cc(CNCC(CO)Cc2ccccc2C)c1. The molecule has 0 radical (unpaired) electrons. The zero-order valence-electron chi connectivity index (χ0n) is 13.9. The summed E-state index contributed by atoms with van der Waals surface area (Å²) in [5.41, 5.74) is 6.54. The molecule has 22 heavy (non-hydrogen) atoms. The summed E-state index contributed by atoms with van der Waals surface area (Å²) >= 11 is 0. The van der Waals surface area contributed by atoms with Crippen molar-refractivity contribution in [3.05, 3.63) is 70.3 Å². The summed E-state index contributed by atoms with van der Waals surface area (Å²) in [4.78, 5) is 0. The lowest BCUT2D eigenvalue weighted by atomic mass is 9.96. The summed E-state index contributed by atoms with van der Waals surface area (Å²) in [7, 11) is 0. The third-order valence-corrected chi connectivity index (χ3v) is 4.07. The quantitative estimate of drug-likeness (QED) is 0.819. The second kappa shape index (κ2) is 8.11. The van der Waals surface area contributed by atoms with Crippen molar-refractivity contribution < 1.29 is 5.11 Å². The first kappa shape index (κ1) is 16.7. The van der Waals surface area contributed by atoms with E-state index in [-0.39, 0.29) is 12.5 Å². The molecule has 2 aromatic rings. The van der Waals surface area contributed by atoms with Crippen LogP contribution in [0.3, 0.4) is 0 Å². The summed E-state index contributed by atoms with van der Waals surface area (Å²) in [6, 6.07) is 15.0. The third kappa shape index (κ3) is 4.97. The average molecular weight is 297 g/mol. The van der Waals surface area contributed by atoms with Crippen LogP contribution in [0.4, 0.5) is 0 Å². The van der Waals surface area contributed by atoms with Crippen LogP contribution in [0, 0.1) is 26.7 Å². The van der Waals surface area contributed by atoms with Crippen molar-refractivity contribution in [1.29, 1.82) is 0 Å². The maximum atomic E-state index is 9.62. The molecule has 2 N–H and O–H groups in total. The van der Waals surface area contributed by atoms with E-state index in [0.717, 1.165) is 19.5 Å². The predicted molar refractivity (Wildman–Crippen MR) is 93.1 cm³/mol. The fourth-order valence-corrected chi connectivity index (χ4v) is 2.94. The number of benzene rings is 2. The minimum Gasteiger partial charge on any atom is -0.396 e. The number of aliphatic hydroxyl groups excluding tert-OH is 1. The molecule has 0 saturated carbocycles. The summed E-state index contributed by atoms with van der Waals surface area (Å²) in [5, 5.41) is 13.1. The Balaban J connectivity index is 1.87. The van der Waals surface area contributed by atoms with E-state index in [0.29, 0.717) is 0 Å². The highest BCUT2D eigenvalue weighted by Gasteiger charge is 2.10. The molecule has 0 bridgehead atoms. The van der Waals surface area contributed by atoms with Gasteiger partial charge in [0.05, 0.1) is 0 Å². The summed E-state index contributed by atoms with van der Waals surface area (Å²) in [6.45, 7) is 8.29. The monoisotopic (exact) mass is 297 g/mol. The lowest BCUT2D eigenvalue weighted by molar-refractivity contribution is 0.221. The van der Waals surface area contributed by atoms with Gasteiger partial charge in [0.15, 0.2) is 0 Å². The average Bonchev–Trinajstić information content (AvgIpc) is 2.47. The molecule has 1 unspecified atom stereocenters. The Morgan fingerprint density at radius 1 is 1.00 bits per heavy atom. The van der Waals surface area contributed by atoms with E-state index in [1.165, 1.54) is 27.8 Å². The number of hydrogen-bond acceptors (Lipinski definition) is 2. The molecule has 0 aliphatic carbocycles. The second-order valence-corrected chi connectivity index (χ2v) is 6.31. The second-order valence-electron chi connectivity index (χ2n) is 6.31. The Hall–Kier alpha value is -1.64. The van der Waals surface area contributed by atoms with Gasteiger partial charge in [0, 0.05) is 19.7 Å². The fraction of sp³-hybridized carbons (Fsp3) is 0.400. The van der Waals surface area contributed by atoms with Crippen LogP contribution in [0.1, 0.15) is 27.8 Å².